The van der Waals surface area contributed by atoms with E-state index in [4.69, 9.17) is 10.00 Å². The Bertz CT molecular complexity index is 399. The van der Waals surface area contributed by atoms with Crippen molar-refractivity contribution < 1.29 is 22.7 Å². The lowest BCUT2D eigenvalue weighted by atomic mass is 10.3. The minimum atomic E-state index is -3.71. The summed E-state index contributed by atoms with van der Waals surface area (Å²) in [5.74, 6) is -1.53. The average molecular weight is 248 g/mol. The molecule has 0 bridgehead atoms. The molecule has 7 nitrogen and oxygen atoms in total. The number of nitriles is 1. The Labute approximate surface area is 93.6 Å². The van der Waals surface area contributed by atoms with Crippen molar-refractivity contribution in [2.24, 2.45) is 0 Å². The lowest BCUT2D eigenvalue weighted by Gasteiger charge is -2.28. The highest BCUT2D eigenvalue weighted by Gasteiger charge is 2.31. The van der Waals surface area contributed by atoms with Gasteiger partial charge in [-0.2, -0.15) is 9.57 Å². The van der Waals surface area contributed by atoms with Crippen LogP contribution in [0.4, 0.5) is 0 Å². The van der Waals surface area contributed by atoms with Gasteiger partial charge in [0.1, 0.15) is 0 Å². The molecule has 1 aliphatic heterocycles. The molecule has 8 heteroatoms. The van der Waals surface area contributed by atoms with Gasteiger partial charge in [-0.3, -0.25) is 4.79 Å². The molecule has 0 radical (unpaired) electrons. The molecule has 16 heavy (non-hydrogen) atoms. The van der Waals surface area contributed by atoms with Crippen LogP contribution in [-0.2, 0) is 24.3 Å². The molecule has 1 fully saturated rings. The zero-order chi connectivity index (χ0) is 12.2. The van der Waals surface area contributed by atoms with Gasteiger partial charge < -0.3 is 9.47 Å². The van der Waals surface area contributed by atoms with E-state index in [0.717, 1.165) is 11.4 Å². The van der Waals surface area contributed by atoms with Crippen LogP contribution in [0.25, 0.3) is 0 Å². The topological polar surface area (TPSA) is 96.7 Å². The Hall–Kier alpha value is -1.17. The minimum absolute atomic E-state index is 0.0458. The van der Waals surface area contributed by atoms with Crippen molar-refractivity contribution in [3.05, 3.63) is 0 Å². The second-order valence-corrected chi connectivity index (χ2v) is 5.15. The predicted octanol–water partition coefficient (Wildman–Crippen LogP) is -1.29. The van der Waals surface area contributed by atoms with Crippen LogP contribution in [0.5, 0.6) is 0 Å². The lowest BCUT2D eigenvalue weighted by molar-refractivity contribution is -0.137. The summed E-state index contributed by atoms with van der Waals surface area (Å²) in [6.07, 6.45) is -0.777. The van der Waals surface area contributed by atoms with E-state index in [1.54, 1.807) is 0 Å². The summed E-state index contributed by atoms with van der Waals surface area (Å²) in [6, 6.07) is 1.83. The van der Waals surface area contributed by atoms with E-state index in [1.807, 2.05) is 6.07 Å². The number of ether oxygens (including phenoxy) is 2. The Balaban J connectivity index is 2.69. The number of carbonyl (C=O) groups is 1. The molecule has 1 heterocycles. The molecular weight excluding hydrogens is 236 g/mol. The van der Waals surface area contributed by atoms with Gasteiger partial charge in [0.2, 0.25) is 10.0 Å². The largest absolute Gasteiger partial charge is 0.468 e. The van der Waals surface area contributed by atoms with Crippen LogP contribution in [0.1, 0.15) is 0 Å². The summed E-state index contributed by atoms with van der Waals surface area (Å²) in [4.78, 5) is 10.9. The lowest BCUT2D eigenvalue weighted by Crippen LogP contribution is -2.46. The highest BCUT2D eigenvalue weighted by molar-refractivity contribution is 7.89. The SMILES string of the molecule is COC(=O)CS(=O)(=O)N1CCOC(C#N)C1. The van der Waals surface area contributed by atoms with Crippen LogP contribution in [-0.4, -0.2) is 57.4 Å². The van der Waals surface area contributed by atoms with Crippen LogP contribution in [0, 0.1) is 11.3 Å². The van der Waals surface area contributed by atoms with E-state index in [-0.39, 0.29) is 19.7 Å². The first-order valence-electron chi connectivity index (χ1n) is 4.55. The summed E-state index contributed by atoms with van der Waals surface area (Å²) in [6.45, 7) is 0.256. The quantitative estimate of drug-likeness (QED) is 0.577. The van der Waals surface area contributed by atoms with Crippen molar-refractivity contribution >= 4 is 16.0 Å². The van der Waals surface area contributed by atoms with Crippen molar-refractivity contribution in [2.75, 3.05) is 32.6 Å². The van der Waals surface area contributed by atoms with Crippen LogP contribution in [0.2, 0.25) is 0 Å². The van der Waals surface area contributed by atoms with Gasteiger partial charge in [0.25, 0.3) is 0 Å². The summed E-state index contributed by atoms with van der Waals surface area (Å²) >= 11 is 0. The Kier molecular flexibility index (Phi) is 4.23. The van der Waals surface area contributed by atoms with Crippen molar-refractivity contribution in [1.82, 2.24) is 4.31 Å². The van der Waals surface area contributed by atoms with E-state index < -0.39 is 27.8 Å². The summed E-state index contributed by atoms with van der Waals surface area (Å²) < 4.78 is 33.7. The predicted molar refractivity (Wildman–Crippen MR) is 52.7 cm³/mol. The van der Waals surface area contributed by atoms with Crippen molar-refractivity contribution in [1.29, 1.82) is 5.26 Å². The molecule has 1 atom stereocenters. The summed E-state index contributed by atoms with van der Waals surface area (Å²) in [5, 5.41) is 8.61. The van der Waals surface area contributed by atoms with Crippen molar-refractivity contribution in [3.63, 3.8) is 0 Å². The smallest absolute Gasteiger partial charge is 0.322 e. The first-order valence-corrected chi connectivity index (χ1v) is 6.16. The number of carbonyl (C=O) groups excluding carboxylic acids is 1. The zero-order valence-electron chi connectivity index (χ0n) is 8.75. The molecular formula is C8H12N2O5S. The fourth-order valence-electron chi connectivity index (χ4n) is 1.26. The molecule has 1 rings (SSSR count). The van der Waals surface area contributed by atoms with E-state index >= 15 is 0 Å². The standard InChI is InChI=1S/C8H12N2O5S/c1-14-8(11)6-16(12,13)10-2-3-15-7(4-9)5-10/h7H,2-3,5-6H2,1H3. The van der Waals surface area contributed by atoms with E-state index in [0.29, 0.717) is 0 Å². The molecule has 0 aromatic rings. The maximum Gasteiger partial charge on any atom is 0.322 e. The average Bonchev–Trinajstić information content (AvgIpc) is 2.28. The van der Waals surface area contributed by atoms with Gasteiger partial charge in [0.05, 0.1) is 26.3 Å². The van der Waals surface area contributed by atoms with Gasteiger partial charge in [-0.05, 0) is 0 Å². The Morgan fingerprint density at radius 3 is 2.94 bits per heavy atom. The molecule has 0 aromatic carbocycles. The zero-order valence-corrected chi connectivity index (χ0v) is 9.57. The van der Waals surface area contributed by atoms with E-state index in [2.05, 4.69) is 4.74 Å². The first-order chi connectivity index (χ1) is 7.49. The van der Waals surface area contributed by atoms with Gasteiger partial charge >= 0.3 is 5.97 Å². The van der Waals surface area contributed by atoms with Crippen molar-refractivity contribution in [3.8, 4) is 6.07 Å². The summed E-state index contributed by atoms with van der Waals surface area (Å²) in [5.41, 5.74) is 0. The molecule has 0 aromatic heterocycles. The molecule has 0 amide bonds. The molecule has 1 unspecified atom stereocenters. The number of methoxy groups -OCH3 is 1. The molecule has 0 aliphatic carbocycles. The molecule has 0 spiro atoms. The second kappa shape index (κ2) is 5.25. The van der Waals surface area contributed by atoms with Gasteiger partial charge in [0, 0.05) is 6.54 Å². The molecule has 90 valence electrons. The van der Waals surface area contributed by atoms with E-state index in [9.17, 15) is 13.2 Å². The van der Waals surface area contributed by atoms with E-state index in [1.165, 1.54) is 0 Å². The third kappa shape index (κ3) is 3.16. The highest BCUT2D eigenvalue weighted by atomic mass is 32.2. The minimum Gasteiger partial charge on any atom is -0.468 e. The third-order valence-electron chi connectivity index (χ3n) is 2.09. The highest BCUT2D eigenvalue weighted by Crippen LogP contribution is 2.10. The Morgan fingerprint density at radius 1 is 1.69 bits per heavy atom. The number of hydrogen-bond acceptors (Lipinski definition) is 6. The molecule has 1 saturated heterocycles. The second-order valence-electron chi connectivity index (χ2n) is 3.18. The number of rotatable bonds is 3. The number of esters is 1. The van der Waals surface area contributed by atoms with Crippen LogP contribution < -0.4 is 0 Å². The normalized spacial score (nSPS) is 22.4. The van der Waals surface area contributed by atoms with Crippen LogP contribution >= 0.6 is 0 Å². The molecule has 0 N–H and O–H groups in total. The maximum absolute atomic E-state index is 11.7. The Morgan fingerprint density at radius 2 is 2.38 bits per heavy atom. The van der Waals surface area contributed by atoms with Gasteiger partial charge in [0.15, 0.2) is 11.9 Å². The number of sulfonamides is 1. The number of hydrogen-bond donors (Lipinski definition) is 0. The fraction of sp³-hybridized carbons (Fsp3) is 0.750. The molecule has 1 aliphatic rings. The fourth-order valence-corrected chi connectivity index (χ4v) is 2.57. The molecule has 0 saturated carbocycles. The van der Waals surface area contributed by atoms with Gasteiger partial charge in [-0.25, -0.2) is 8.42 Å². The summed E-state index contributed by atoms with van der Waals surface area (Å²) in [7, 11) is -2.59. The van der Waals surface area contributed by atoms with Gasteiger partial charge in [-0.1, -0.05) is 0 Å². The monoisotopic (exact) mass is 248 g/mol. The van der Waals surface area contributed by atoms with Crippen molar-refractivity contribution in [2.45, 2.75) is 6.10 Å². The van der Waals surface area contributed by atoms with Gasteiger partial charge in [-0.15, -0.1) is 0 Å². The first kappa shape index (κ1) is 12.9. The third-order valence-corrected chi connectivity index (χ3v) is 3.81. The maximum atomic E-state index is 11.7. The van der Waals surface area contributed by atoms with Crippen LogP contribution in [0.3, 0.4) is 0 Å². The van der Waals surface area contributed by atoms with Crippen LogP contribution in [0.15, 0.2) is 0 Å². The number of morpholine rings is 1. The number of nitrogens with zero attached hydrogens (tertiary/aromatic N) is 2.